The van der Waals surface area contributed by atoms with Gasteiger partial charge in [0.05, 0.1) is 11.8 Å². The van der Waals surface area contributed by atoms with Gasteiger partial charge in [-0.25, -0.2) is 4.79 Å². The predicted octanol–water partition coefficient (Wildman–Crippen LogP) is 1.34. The second-order valence-corrected chi connectivity index (χ2v) is 4.88. The van der Waals surface area contributed by atoms with Crippen molar-refractivity contribution >= 4 is 11.6 Å². The number of rotatable bonds is 8. The summed E-state index contributed by atoms with van der Waals surface area (Å²) in [6.45, 7) is 2.86. The summed E-state index contributed by atoms with van der Waals surface area (Å²) >= 11 is 0. The smallest absolute Gasteiger partial charge is 0.134 e. The van der Waals surface area contributed by atoms with Crippen LogP contribution in [-0.2, 0) is 9.63 Å². The van der Waals surface area contributed by atoms with Gasteiger partial charge in [0.2, 0.25) is 0 Å². The maximum Gasteiger partial charge on any atom is 0.134 e. The molecular formula is C15H21N3O2. The lowest BCUT2D eigenvalue weighted by molar-refractivity contribution is 0.0837. The third-order valence-corrected chi connectivity index (χ3v) is 3.31. The van der Waals surface area contributed by atoms with E-state index in [1.54, 1.807) is 12.1 Å². The van der Waals surface area contributed by atoms with Gasteiger partial charge in [0.15, 0.2) is 0 Å². The number of hydrogen-bond acceptors (Lipinski definition) is 5. The van der Waals surface area contributed by atoms with Crippen LogP contribution >= 0.6 is 0 Å². The average molecular weight is 275 g/mol. The third-order valence-electron chi connectivity index (χ3n) is 3.31. The molecule has 0 saturated carbocycles. The quantitative estimate of drug-likeness (QED) is 0.727. The van der Waals surface area contributed by atoms with Gasteiger partial charge in [-0.3, -0.25) is 4.84 Å². The molecule has 0 radical (unpaired) electrons. The summed E-state index contributed by atoms with van der Waals surface area (Å²) in [5.74, 6) is 1.88. The maximum absolute atomic E-state index is 10.8. The van der Waals surface area contributed by atoms with Crippen LogP contribution in [0, 0.1) is 0 Å². The first-order valence-corrected chi connectivity index (χ1v) is 7.27. The van der Waals surface area contributed by atoms with Crippen LogP contribution < -0.4 is 21.3 Å². The molecule has 2 rings (SSSR count). The number of nitrogens with one attached hydrogen (secondary N) is 1. The molecule has 1 aromatic rings. The first-order valence-electron chi connectivity index (χ1n) is 7.27. The van der Waals surface area contributed by atoms with Gasteiger partial charge in [0.25, 0.3) is 0 Å². The molecule has 108 valence electrons. The highest BCUT2D eigenvalue weighted by Crippen LogP contribution is 2.10. The number of anilines is 1. The van der Waals surface area contributed by atoms with Crippen molar-refractivity contribution < 1.29 is 9.63 Å². The molecule has 1 heterocycles. The molecule has 5 heteroatoms. The fourth-order valence-corrected chi connectivity index (χ4v) is 2.18. The number of fused-ring (bicyclic) bond motifs is 1. The Hall–Kier alpha value is -1.84. The summed E-state index contributed by atoms with van der Waals surface area (Å²) in [5.41, 5.74) is 3.53. The highest BCUT2D eigenvalue weighted by molar-refractivity contribution is 5.53. The Balaban J connectivity index is 1.78. The summed E-state index contributed by atoms with van der Waals surface area (Å²) < 4.78 is 0. The van der Waals surface area contributed by atoms with Crippen molar-refractivity contribution in [3.63, 3.8) is 0 Å². The minimum atomic E-state index is 0.445. The van der Waals surface area contributed by atoms with Gasteiger partial charge in [-0.1, -0.05) is 45.1 Å². The Kier molecular flexibility index (Phi) is 5.59. The van der Waals surface area contributed by atoms with E-state index < -0.39 is 0 Å². The summed E-state index contributed by atoms with van der Waals surface area (Å²) in [7, 11) is 0. The lowest BCUT2D eigenvalue weighted by Gasteiger charge is -2.17. The third kappa shape index (κ3) is 3.59. The van der Waals surface area contributed by atoms with Gasteiger partial charge in [0, 0.05) is 0 Å². The van der Waals surface area contributed by atoms with Crippen LogP contribution in [0.1, 0.15) is 45.4 Å². The van der Waals surface area contributed by atoms with Crippen molar-refractivity contribution in [2.24, 2.45) is 5.10 Å². The molecule has 0 spiro atoms. The molecule has 0 amide bonds. The van der Waals surface area contributed by atoms with E-state index in [2.05, 4.69) is 17.6 Å². The van der Waals surface area contributed by atoms with Gasteiger partial charge in [-0.05, 0) is 18.6 Å². The lowest BCUT2D eigenvalue weighted by atomic mass is 10.1. The molecule has 0 bridgehead atoms. The number of unbranched alkanes of at least 4 members (excludes halogenated alkanes) is 5. The molecule has 1 N–H and O–H groups in total. The number of para-hydroxylation sites is 1. The molecule has 5 nitrogen and oxygen atoms in total. The summed E-state index contributed by atoms with van der Waals surface area (Å²) in [6.07, 6.45) is 7.34. The van der Waals surface area contributed by atoms with Gasteiger partial charge in [0.1, 0.15) is 17.0 Å². The van der Waals surface area contributed by atoms with Crippen molar-refractivity contribution in [2.75, 3.05) is 11.8 Å². The largest absolute Gasteiger partial charge is 0.252 e. The van der Waals surface area contributed by atoms with Crippen molar-refractivity contribution in [2.45, 2.75) is 45.4 Å². The molecule has 1 aliphatic rings. The summed E-state index contributed by atoms with van der Waals surface area (Å²) in [5, 5.41) is 6.63. The molecule has 0 unspecified atom stereocenters. The van der Waals surface area contributed by atoms with Crippen molar-refractivity contribution in [1.29, 1.82) is 0 Å². The molecule has 0 atom stereocenters. The van der Waals surface area contributed by atoms with Crippen LogP contribution in [-0.4, -0.2) is 12.5 Å². The Bertz CT molecular complexity index is 567. The van der Waals surface area contributed by atoms with E-state index in [0.29, 0.717) is 17.2 Å². The average Bonchev–Trinajstić information content (AvgIpc) is 2.89. The number of carbonyl (C=O) groups excluding carboxylic acids is 1. The normalized spacial score (nSPS) is 12.6. The zero-order chi connectivity index (χ0) is 14.2. The number of benzene rings is 1. The SMILES string of the molecule is CCCCCCCCON1NN=c2c1cccc2=C=O. The molecule has 20 heavy (non-hydrogen) atoms. The lowest BCUT2D eigenvalue weighted by Crippen LogP contribution is -2.33. The molecule has 0 aromatic heterocycles. The highest BCUT2D eigenvalue weighted by Gasteiger charge is 2.15. The first-order chi connectivity index (χ1) is 9.86. The van der Waals surface area contributed by atoms with Gasteiger partial charge in [-0.2, -0.15) is 10.6 Å². The number of hydrazine groups is 1. The fraction of sp³-hybridized carbons (Fsp3) is 0.533. The van der Waals surface area contributed by atoms with E-state index in [4.69, 9.17) is 4.84 Å². The Morgan fingerprint density at radius 1 is 1.25 bits per heavy atom. The van der Waals surface area contributed by atoms with Crippen molar-refractivity contribution in [3.05, 3.63) is 28.8 Å². The van der Waals surface area contributed by atoms with Crippen LogP contribution in [0.3, 0.4) is 0 Å². The van der Waals surface area contributed by atoms with E-state index >= 15 is 0 Å². The van der Waals surface area contributed by atoms with E-state index in [9.17, 15) is 4.79 Å². The van der Waals surface area contributed by atoms with Crippen molar-refractivity contribution in [1.82, 2.24) is 5.53 Å². The molecule has 0 aliphatic carbocycles. The van der Waals surface area contributed by atoms with Crippen molar-refractivity contribution in [3.8, 4) is 0 Å². The maximum atomic E-state index is 10.8. The monoisotopic (exact) mass is 275 g/mol. The first kappa shape index (κ1) is 14.6. The fourth-order valence-electron chi connectivity index (χ4n) is 2.18. The van der Waals surface area contributed by atoms with Crippen LogP contribution in [0.4, 0.5) is 5.69 Å². The molecule has 1 aromatic carbocycles. The zero-order valence-electron chi connectivity index (χ0n) is 11.9. The molecule has 0 saturated heterocycles. The van der Waals surface area contributed by atoms with E-state index in [-0.39, 0.29) is 0 Å². The topological polar surface area (TPSA) is 53.9 Å². The number of nitrogens with zero attached hydrogens (tertiary/aromatic N) is 2. The Morgan fingerprint density at radius 3 is 2.85 bits per heavy atom. The molecule has 1 aliphatic heterocycles. The second kappa shape index (κ2) is 7.68. The molecule has 0 fully saturated rings. The van der Waals surface area contributed by atoms with Gasteiger partial charge >= 0.3 is 0 Å². The Labute approximate surface area is 118 Å². The summed E-state index contributed by atoms with van der Waals surface area (Å²) in [4.78, 5) is 16.4. The zero-order valence-corrected chi connectivity index (χ0v) is 11.9. The standard InChI is InChI=1S/C15H21N3O2/c1-2-3-4-5-6-7-11-20-18-14-10-8-9-13(12-19)15(14)16-17-18/h8-10,17H,2-7,11H2,1H3. The number of hydrogen-bond donors (Lipinski definition) is 1. The van der Waals surface area contributed by atoms with E-state index in [1.807, 2.05) is 12.0 Å². The van der Waals surface area contributed by atoms with E-state index in [1.165, 1.54) is 37.3 Å². The van der Waals surface area contributed by atoms with Crippen LogP contribution in [0.5, 0.6) is 0 Å². The second-order valence-electron chi connectivity index (χ2n) is 4.88. The van der Waals surface area contributed by atoms with E-state index in [0.717, 1.165) is 12.1 Å². The van der Waals surface area contributed by atoms with Gasteiger partial charge in [-0.15, -0.1) is 5.17 Å². The van der Waals surface area contributed by atoms with Crippen LogP contribution in [0.25, 0.3) is 0 Å². The highest BCUT2D eigenvalue weighted by atomic mass is 16.7. The Morgan fingerprint density at radius 2 is 2.05 bits per heavy atom. The minimum Gasteiger partial charge on any atom is -0.252 e. The predicted molar refractivity (Wildman–Crippen MR) is 77.0 cm³/mol. The van der Waals surface area contributed by atoms with Gasteiger partial charge < -0.3 is 0 Å². The molecular weight excluding hydrogens is 254 g/mol. The summed E-state index contributed by atoms with van der Waals surface area (Å²) in [6, 6.07) is 5.35. The van der Waals surface area contributed by atoms with Crippen LogP contribution in [0.15, 0.2) is 23.3 Å². The minimum absolute atomic E-state index is 0.445. The van der Waals surface area contributed by atoms with Crippen LogP contribution in [0.2, 0.25) is 0 Å².